The number of nitrogens with zero attached hydrogens (tertiary/aromatic N) is 1. The maximum absolute atomic E-state index is 11.9. The van der Waals surface area contributed by atoms with Crippen molar-refractivity contribution in [2.24, 2.45) is 5.92 Å². The zero-order valence-corrected chi connectivity index (χ0v) is 9.75. The number of carbonyl (C=O) groups is 1. The van der Waals surface area contributed by atoms with Crippen LogP contribution < -0.4 is 5.32 Å². The maximum atomic E-state index is 11.9. The normalized spacial score (nSPS) is 38.6. The van der Waals surface area contributed by atoms with E-state index in [1.165, 1.54) is 6.42 Å². The van der Waals surface area contributed by atoms with Gasteiger partial charge in [0.15, 0.2) is 0 Å². The Morgan fingerprint density at radius 2 is 2.25 bits per heavy atom. The zero-order valence-electron chi connectivity index (χ0n) is 9.75. The summed E-state index contributed by atoms with van der Waals surface area (Å²) in [7, 11) is 0. The van der Waals surface area contributed by atoms with E-state index < -0.39 is 0 Å². The van der Waals surface area contributed by atoms with Crippen molar-refractivity contribution >= 4 is 11.9 Å². The van der Waals surface area contributed by atoms with Crippen LogP contribution in [0.25, 0.3) is 0 Å². The van der Waals surface area contributed by atoms with Crippen LogP contribution in [0.15, 0.2) is 0 Å². The number of carbonyl (C=O) groups excluding carboxylic acids is 1. The summed E-state index contributed by atoms with van der Waals surface area (Å²) < 4.78 is 0. The van der Waals surface area contributed by atoms with Crippen LogP contribution in [0.2, 0.25) is 0 Å². The molecule has 3 aliphatic rings. The summed E-state index contributed by atoms with van der Waals surface area (Å²) >= 11 is 0. The van der Waals surface area contributed by atoms with Gasteiger partial charge >= 0.3 is 6.03 Å². The lowest BCUT2D eigenvalue weighted by Gasteiger charge is -2.33. The van der Waals surface area contributed by atoms with E-state index in [2.05, 4.69) is 12.2 Å². The Bertz CT molecular complexity index is 350. The monoisotopic (exact) mass is 221 g/mol. The molecule has 88 valence electrons. The zero-order chi connectivity index (χ0) is 11.3. The first-order valence-corrected chi connectivity index (χ1v) is 6.36. The molecular weight excluding hydrogens is 202 g/mol. The van der Waals surface area contributed by atoms with Crippen molar-refractivity contribution in [3.63, 3.8) is 0 Å². The van der Waals surface area contributed by atoms with Crippen molar-refractivity contribution in [1.29, 1.82) is 5.41 Å². The highest BCUT2D eigenvalue weighted by Gasteiger charge is 2.57. The second kappa shape index (κ2) is 3.22. The number of hydrogen-bond donors (Lipinski definition) is 2. The van der Waals surface area contributed by atoms with Gasteiger partial charge in [0.1, 0.15) is 11.4 Å². The second-order valence-corrected chi connectivity index (χ2v) is 5.45. The van der Waals surface area contributed by atoms with Crippen LogP contribution in [0, 0.1) is 11.3 Å². The minimum atomic E-state index is -0.251. The number of amidine groups is 1. The molecule has 2 amide bonds. The number of hydrogen-bond acceptors (Lipinski definition) is 2. The Morgan fingerprint density at radius 1 is 1.50 bits per heavy atom. The molecular formula is C12H19N3O. The first kappa shape index (κ1) is 10.1. The van der Waals surface area contributed by atoms with Crippen LogP contribution in [0.1, 0.15) is 45.4 Å². The molecule has 2 unspecified atom stereocenters. The maximum Gasteiger partial charge on any atom is 0.323 e. The SMILES string of the molecule is CCC1CCC2(C1)C(=N)NC(=O)N2C1CC1. The Hall–Kier alpha value is -1.06. The van der Waals surface area contributed by atoms with Crippen molar-refractivity contribution in [2.75, 3.05) is 0 Å². The highest BCUT2D eigenvalue weighted by molar-refractivity contribution is 6.08. The van der Waals surface area contributed by atoms with Gasteiger partial charge in [-0.1, -0.05) is 13.3 Å². The summed E-state index contributed by atoms with van der Waals surface area (Å²) in [6.07, 6.45) is 6.56. The van der Waals surface area contributed by atoms with Crippen LogP contribution >= 0.6 is 0 Å². The molecule has 2 saturated carbocycles. The van der Waals surface area contributed by atoms with E-state index in [9.17, 15) is 4.79 Å². The topological polar surface area (TPSA) is 56.2 Å². The lowest BCUT2D eigenvalue weighted by molar-refractivity contribution is 0.167. The summed E-state index contributed by atoms with van der Waals surface area (Å²) in [5.41, 5.74) is -0.251. The lowest BCUT2D eigenvalue weighted by Crippen LogP contribution is -2.48. The van der Waals surface area contributed by atoms with Gasteiger partial charge in [-0.05, 0) is 38.0 Å². The standard InChI is InChI=1S/C12H19N3O/c1-2-8-5-6-12(7-8)10(13)14-11(16)15(12)9-3-4-9/h8-9H,2-7H2,1H3,(H2,13,14,16). The first-order chi connectivity index (χ1) is 7.67. The minimum Gasteiger partial charge on any atom is -0.309 e. The third-order valence-electron chi connectivity index (χ3n) is 4.46. The first-order valence-electron chi connectivity index (χ1n) is 6.36. The van der Waals surface area contributed by atoms with Crippen LogP contribution in [-0.2, 0) is 0 Å². The molecule has 3 rings (SSSR count). The molecule has 4 heteroatoms. The summed E-state index contributed by atoms with van der Waals surface area (Å²) in [6.45, 7) is 2.21. The van der Waals surface area contributed by atoms with E-state index in [1.807, 2.05) is 4.90 Å². The molecule has 2 aliphatic carbocycles. The predicted octanol–water partition coefficient (Wildman–Crippen LogP) is 2.10. The lowest BCUT2D eigenvalue weighted by atomic mass is 9.93. The molecule has 0 radical (unpaired) electrons. The van der Waals surface area contributed by atoms with Crippen LogP contribution in [0.4, 0.5) is 4.79 Å². The average Bonchev–Trinajstić information content (AvgIpc) is 2.92. The molecule has 1 aliphatic heterocycles. The molecule has 0 aromatic heterocycles. The van der Waals surface area contributed by atoms with Gasteiger partial charge in [0, 0.05) is 6.04 Å². The molecule has 1 spiro atoms. The second-order valence-electron chi connectivity index (χ2n) is 5.45. The summed E-state index contributed by atoms with van der Waals surface area (Å²) in [4.78, 5) is 13.9. The van der Waals surface area contributed by atoms with Crippen LogP contribution in [-0.4, -0.2) is 28.3 Å². The van der Waals surface area contributed by atoms with Gasteiger partial charge in [-0.3, -0.25) is 10.7 Å². The molecule has 0 aromatic carbocycles. The molecule has 0 aromatic rings. The molecule has 1 heterocycles. The fraction of sp³-hybridized carbons (Fsp3) is 0.833. The van der Waals surface area contributed by atoms with E-state index >= 15 is 0 Å². The molecule has 16 heavy (non-hydrogen) atoms. The Morgan fingerprint density at radius 3 is 2.81 bits per heavy atom. The average molecular weight is 221 g/mol. The van der Waals surface area contributed by atoms with Gasteiger partial charge in [0.05, 0.1) is 0 Å². The smallest absolute Gasteiger partial charge is 0.309 e. The number of nitrogens with one attached hydrogen (secondary N) is 2. The van der Waals surface area contributed by atoms with E-state index in [-0.39, 0.29) is 11.6 Å². The van der Waals surface area contributed by atoms with Crippen molar-refractivity contribution in [3.8, 4) is 0 Å². The van der Waals surface area contributed by atoms with Gasteiger partial charge in [-0.2, -0.15) is 0 Å². The summed E-state index contributed by atoms with van der Waals surface area (Å²) in [6, 6.07) is 0.391. The largest absolute Gasteiger partial charge is 0.323 e. The van der Waals surface area contributed by atoms with Crippen molar-refractivity contribution in [2.45, 2.75) is 57.0 Å². The number of amides is 2. The summed E-state index contributed by atoms with van der Waals surface area (Å²) in [5, 5.41) is 10.8. The number of urea groups is 1. The van der Waals surface area contributed by atoms with E-state index in [1.54, 1.807) is 0 Å². The molecule has 2 atom stereocenters. The quantitative estimate of drug-likeness (QED) is 0.737. The highest BCUT2D eigenvalue weighted by Crippen LogP contribution is 2.47. The fourth-order valence-corrected chi connectivity index (χ4v) is 3.37. The fourth-order valence-electron chi connectivity index (χ4n) is 3.37. The highest BCUT2D eigenvalue weighted by atomic mass is 16.2. The van der Waals surface area contributed by atoms with E-state index in [0.29, 0.717) is 17.8 Å². The third kappa shape index (κ3) is 1.22. The molecule has 4 nitrogen and oxygen atoms in total. The molecule has 3 fully saturated rings. The molecule has 2 N–H and O–H groups in total. The van der Waals surface area contributed by atoms with Crippen LogP contribution in [0.5, 0.6) is 0 Å². The molecule has 1 saturated heterocycles. The number of rotatable bonds is 2. The van der Waals surface area contributed by atoms with Gasteiger partial charge in [-0.15, -0.1) is 0 Å². The predicted molar refractivity (Wildman–Crippen MR) is 61.5 cm³/mol. The van der Waals surface area contributed by atoms with E-state index in [0.717, 1.165) is 32.1 Å². The van der Waals surface area contributed by atoms with Crippen molar-refractivity contribution < 1.29 is 4.79 Å². The molecule has 0 bridgehead atoms. The minimum absolute atomic E-state index is 0.0238. The van der Waals surface area contributed by atoms with Gasteiger partial charge in [0.25, 0.3) is 0 Å². The van der Waals surface area contributed by atoms with Crippen molar-refractivity contribution in [3.05, 3.63) is 0 Å². The Balaban J connectivity index is 1.91. The third-order valence-corrected chi connectivity index (χ3v) is 4.46. The van der Waals surface area contributed by atoms with Crippen molar-refractivity contribution in [1.82, 2.24) is 10.2 Å². The van der Waals surface area contributed by atoms with E-state index in [4.69, 9.17) is 5.41 Å². The van der Waals surface area contributed by atoms with Gasteiger partial charge < -0.3 is 4.90 Å². The van der Waals surface area contributed by atoms with Gasteiger partial charge in [0.2, 0.25) is 0 Å². The Kier molecular flexibility index (Phi) is 2.03. The summed E-state index contributed by atoms with van der Waals surface area (Å²) in [5.74, 6) is 1.15. The van der Waals surface area contributed by atoms with Gasteiger partial charge in [-0.25, -0.2) is 4.79 Å². The Labute approximate surface area is 95.9 Å². The van der Waals surface area contributed by atoms with Crippen LogP contribution in [0.3, 0.4) is 0 Å².